The summed E-state index contributed by atoms with van der Waals surface area (Å²) in [6, 6.07) is 6.13. The standard InChI is InChI=1S/C17H25N3O2.C2HF3O2/c1-14-4-3-5-15(18-14)19-9-6-17(7-10-19)8-11-20(16(17)21)12-13-22-2;3-2(4,5)1(6)7/h3-5H,6-13H2,1-2H3;(H,6,7). The fourth-order valence-corrected chi connectivity index (χ4v) is 3.64. The number of carboxylic acids is 1. The number of pyridine rings is 1. The molecule has 0 aliphatic carbocycles. The van der Waals surface area contributed by atoms with Crippen molar-refractivity contribution >= 4 is 17.7 Å². The van der Waals surface area contributed by atoms with Gasteiger partial charge in [0, 0.05) is 39.0 Å². The number of carboxylic acid groups (broad SMARTS) is 1. The zero-order chi connectivity index (χ0) is 21.7. The van der Waals surface area contributed by atoms with E-state index >= 15 is 0 Å². The Hall–Kier alpha value is -2.36. The SMILES string of the molecule is COCCN1CCC2(CCN(c3cccc(C)n3)CC2)C1=O.O=C(O)C(F)(F)F. The molecule has 0 atom stereocenters. The van der Waals surface area contributed by atoms with Crippen LogP contribution in [0.15, 0.2) is 18.2 Å². The zero-order valence-corrected chi connectivity index (χ0v) is 16.5. The van der Waals surface area contributed by atoms with Crippen LogP contribution in [0.1, 0.15) is 25.0 Å². The Bertz CT molecular complexity index is 719. The lowest BCUT2D eigenvalue weighted by Crippen LogP contribution is -2.45. The van der Waals surface area contributed by atoms with Gasteiger partial charge in [0.2, 0.25) is 5.91 Å². The lowest BCUT2D eigenvalue weighted by molar-refractivity contribution is -0.192. The fourth-order valence-electron chi connectivity index (χ4n) is 3.64. The van der Waals surface area contributed by atoms with Crippen LogP contribution in [0.25, 0.3) is 0 Å². The van der Waals surface area contributed by atoms with E-state index in [0.717, 1.165) is 57.0 Å². The number of carbonyl (C=O) groups excluding carboxylic acids is 1. The summed E-state index contributed by atoms with van der Waals surface area (Å²) in [5.74, 6) is -1.38. The van der Waals surface area contributed by atoms with Gasteiger partial charge in [0.05, 0.1) is 12.0 Å². The highest BCUT2D eigenvalue weighted by molar-refractivity contribution is 5.85. The van der Waals surface area contributed by atoms with Crippen molar-refractivity contribution in [3.8, 4) is 0 Å². The molecule has 2 saturated heterocycles. The van der Waals surface area contributed by atoms with E-state index < -0.39 is 12.1 Å². The second-order valence-corrected chi connectivity index (χ2v) is 7.24. The van der Waals surface area contributed by atoms with Gasteiger partial charge in [-0.2, -0.15) is 13.2 Å². The topological polar surface area (TPSA) is 83.0 Å². The number of rotatable bonds is 4. The summed E-state index contributed by atoms with van der Waals surface area (Å²) >= 11 is 0. The van der Waals surface area contributed by atoms with Gasteiger partial charge < -0.3 is 19.6 Å². The Morgan fingerprint density at radius 1 is 1.24 bits per heavy atom. The molecule has 0 aromatic carbocycles. The van der Waals surface area contributed by atoms with Crippen molar-refractivity contribution in [1.29, 1.82) is 0 Å². The predicted molar refractivity (Wildman–Crippen MR) is 99.6 cm³/mol. The number of methoxy groups -OCH3 is 1. The molecule has 0 unspecified atom stereocenters. The lowest BCUT2D eigenvalue weighted by Gasteiger charge is -2.38. The van der Waals surface area contributed by atoms with Gasteiger partial charge in [-0.25, -0.2) is 9.78 Å². The number of aryl methyl sites for hydroxylation is 1. The molecule has 1 spiro atoms. The minimum atomic E-state index is -5.08. The van der Waals surface area contributed by atoms with Crippen LogP contribution >= 0.6 is 0 Å². The zero-order valence-electron chi connectivity index (χ0n) is 16.5. The number of alkyl halides is 3. The maximum absolute atomic E-state index is 12.7. The van der Waals surface area contributed by atoms with E-state index in [0.29, 0.717) is 12.5 Å². The number of nitrogens with zero attached hydrogens (tertiary/aromatic N) is 3. The second kappa shape index (κ2) is 9.43. The van der Waals surface area contributed by atoms with Crippen LogP contribution < -0.4 is 4.90 Å². The summed E-state index contributed by atoms with van der Waals surface area (Å²) in [7, 11) is 1.68. The molecule has 0 radical (unpaired) electrons. The van der Waals surface area contributed by atoms with Gasteiger partial charge in [-0.3, -0.25) is 4.79 Å². The summed E-state index contributed by atoms with van der Waals surface area (Å²) in [6.07, 6.45) is -2.22. The third-order valence-corrected chi connectivity index (χ3v) is 5.33. The van der Waals surface area contributed by atoms with Crippen molar-refractivity contribution in [3.05, 3.63) is 23.9 Å². The first-order valence-corrected chi connectivity index (χ1v) is 9.36. The maximum atomic E-state index is 12.7. The number of piperidine rings is 1. The van der Waals surface area contributed by atoms with E-state index in [2.05, 4.69) is 22.0 Å². The molecule has 1 amide bonds. The summed E-state index contributed by atoms with van der Waals surface area (Å²) in [6.45, 7) is 6.08. The highest BCUT2D eigenvalue weighted by Gasteiger charge is 2.47. The Kier molecular flexibility index (Phi) is 7.45. The first kappa shape index (κ1) is 22.9. The van der Waals surface area contributed by atoms with Crippen LogP contribution in [-0.2, 0) is 14.3 Å². The molecule has 10 heteroatoms. The minimum absolute atomic E-state index is 0.131. The monoisotopic (exact) mass is 417 g/mol. The Balaban J connectivity index is 0.000000370. The highest BCUT2D eigenvalue weighted by Crippen LogP contribution is 2.42. The molecule has 1 aromatic heterocycles. The number of halogens is 3. The van der Waals surface area contributed by atoms with Crippen molar-refractivity contribution in [2.75, 3.05) is 44.8 Å². The van der Waals surface area contributed by atoms with Gasteiger partial charge in [-0.15, -0.1) is 0 Å². The number of hydrogen-bond donors (Lipinski definition) is 1. The van der Waals surface area contributed by atoms with Crippen LogP contribution in [0.3, 0.4) is 0 Å². The number of likely N-dealkylation sites (tertiary alicyclic amines) is 1. The maximum Gasteiger partial charge on any atom is 0.490 e. The first-order valence-electron chi connectivity index (χ1n) is 9.36. The van der Waals surface area contributed by atoms with Crippen molar-refractivity contribution < 1.29 is 32.6 Å². The van der Waals surface area contributed by atoms with Gasteiger partial charge in [-0.1, -0.05) is 6.07 Å². The van der Waals surface area contributed by atoms with Crippen LogP contribution in [0.2, 0.25) is 0 Å². The third-order valence-electron chi connectivity index (χ3n) is 5.33. The largest absolute Gasteiger partial charge is 0.490 e. The molecular weight excluding hydrogens is 391 g/mol. The molecule has 1 N–H and O–H groups in total. The molecule has 3 rings (SSSR count). The lowest BCUT2D eigenvalue weighted by atomic mass is 9.77. The molecule has 2 aliphatic rings. The number of aromatic nitrogens is 1. The van der Waals surface area contributed by atoms with Crippen molar-refractivity contribution in [1.82, 2.24) is 9.88 Å². The number of ether oxygens (including phenoxy) is 1. The molecule has 29 heavy (non-hydrogen) atoms. The van der Waals surface area contributed by atoms with Crippen LogP contribution in [0.5, 0.6) is 0 Å². The van der Waals surface area contributed by atoms with E-state index in [9.17, 15) is 18.0 Å². The number of aliphatic carboxylic acids is 1. The molecule has 2 aliphatic heterocycles. The van der Waals surface area contributed by atoms with Crippen LogP contribution in [0.4, 0.5) is 19.0 Å². The van der Waals surface area contributed by atoms with E-state index in [1.165, 1.54) is 0 Å². The smallest absolute Gasteiger partial charge is 0.475 e. The summed E-state index contributed by atoms with van der Waals surface area (Å²) in [5, 5.41) is 7.12. The van der Waals surface area contributed by atoms with Crippen molar-refractivity contribution in [2.45, 2.75) is 32.4 Å². The average Bonchev–Trinajstić information content (AvgIpc) is 2.96. The summed E-state index contributed by atoms with van der Waals surface area (Å²) in [5.41, 5.74) is 0.911. The van der Waals surface area contributed by atoms with Crippen LogP contribution in [0, 0.1) is 12.3 Å². The predicted octanol–water partition coefficient (Wildman–Crippen LogP) is 2.49. The molecule has 2 fully saturated rings. The van der Waals surface area contributed by atoms with E-state index in [1.54, 1.807) is 7.11 Å². The number of carbonyl (C=O) groups is 2. The van der Waals surface area contributed by atoms with Gasteiger partial charge in [0.25, 0.3) is 0 Å². The quantitative estimate of drug-likeness (QED) is 0.811. The van der Waals surface area contributed by atoms with Gasteiger partial charge >= 0.3 is 12.1 Å². The van der Waals surface area contributed by atoms with Gasteiger partial charge in [0.1, 0.15) is 5.82 Å². The molecule has 1 aromatic rings. The normalized spacial score (nSPS) is 18.6. The molecule has 0 bridgehead atoms. The number of hydrogen-bond acceptors (Lipinski definition) is 5. The summed E-state index contributed by atoms with van der Waals surface area (Å²) in [4.78, 5) is 30.5. The summed E-state index contributed by atoms with van der Waals surface area (Å²) < 4.78 is 36.8. The third kappa shape index (κ3) is 5.81. The van der Waals surface area contributed by atoms with E-state index in [-0.39, 0.29) is 5.41 Å². The Morgan fingerprint density at radius 2 is 1.83 bits per heavy atom. The van der Waals surface area contributed by atoms with E-state index in [4.69, 9.17) is 14.6 Å². The molecule has 0 saturated carbocycles. The molecule has 3 heterocycles. The van der Waals surface area contributed by atoms with Gasteiger partial charge in [0.15, 0.2) is 0 Å². The van der Waals surface area contributed by atoms with E-state index in [1.807, 2.05) is 17.9 Å². The highest BCUT2D eigenvalue weighted by atomic mass is 19.4. The van der Waals surface area contributed by atoms with Crippen molar-refractivity contribution in [3.63, 3.8) is 0 Å². The molecular formula is C19H26F3N3O4. The average molecular weight is 417 g/mol. The van der Waals surface area contributed by atoms with Crippen molar-refractivity contribution in [2.24, 2.45) is 5.41 Å². The van der Waals surface area contributed by atoms with Crippen LogP contribution in [-0.4, -0.2) is 72.9 Å². The number of anilines is 1. The first-order chi connectivity index (χ1) is 13.6. The number of amides is 1. The molecule has 162 valence electrons. The van der Waals surface area contributed by atoms with Gasteiger partial charge in [-0.05, 0) is 38.3 Å². The molecule has 7 nitrogen and oxygen atoms in total. The Labute approximate surface area is 167 Å². The fraction of sp³-hybridized carbons (Fsp3) is 0.632. The minimum Gasteiger partial charge on any atom is -0.475 e. The second-order valence-electron chi connectivity index (χ2n) is 7.24. The Morgan fingerprint density at radius 3 is 2.34 bits per heavy atom.